The van der Waals surface area contributed by atoms with Crippen LogP contribution in [0.3, 0.4) is 0 Å². The number of amides is 1. The van der Waals surface area contributed by atoms with E-state index in [1.807, 2.05) is 19.9 Å². The molecule has 0 bridgehead atoms. The van der Waals surface area contributed by atoms with Crippen LogP contribution < -0.4 is 10.1 Å². The van der Waals surface area contributed by atoms with E-state index >= 15 is 0 Å². The van der Waals surface area contributed by atoms with E-state index in [0.29, 0.717) is 43.7 Å². The highest BCUT2D eigenvalue weighted by Gasteiger charge is 2.36. The molecule has 2 aliphatic rings. The Bertz CT molecular complexity index is 971. The summed E-state index contributed by atoms with van der Waals surface area (Å²) in [6.07, 6.45) is -2.90. The van der Waals surface area contributed by atoms with Gasteiger partial charge in [-0.3, -0.25) is 4.79 Å². The molecule has 0 aromatic heterocycles. The van der Waals surface area contributed by atoms with Crippen molar-refractivity contribution >= 4 is 5.91 Å². The molecule has 2 atom stereocenters. The predicted octanol–water partition coefficient (Wildman–Crippen LogP) is 5.00. The average Bonchev–Trinajstić information content (AvgIpc) is 3.14. The summed E-state index contributed by atoms with van der Waals surface area (Å²) >= 11 is 0. The zero-order chi connectivity index (χ0) is 22.2. The van der Waals surface area contributed by atoms with Crippen molar-refractivity contribution in [3.05, 3.63) is 53.6 Å². The number of carbonyl (C=O) groups is 1. The Balaban J connectivity index is 1.47. The maximum Gasteiger partial charge on any atom is 0.417 e. The molecule has 1 amide bonds. The summed E-state index contributed by atoms with van der Waals surface area (Å²) in [4.78, 5) is 12.6. The fraction of sp³-hybridized carbons (Fsp3) is 0.458. The number of rotatable bonds is 4. The van der Waals surface area contributed by atoms with Crippen molar-refractivity contribution in [1.29, 1.82) is 0 Å². The topological polar surface area (TPSA) is 47.6 Å². The number of hydrogen-bond acceptors (Lipinski definition) is 3. The SMILES string of the molecule is CC1(C)C[C@@H](C(=O)NC[C@H]2Cc3cccc(-c4ccccc4C(F)(F)F)c3O2)CCO1. The third-order valence-electron chi connectivity index (χ3n) is 5.92. The van der Waals surface area contributed by atoms with Crippen LogP contribution in [0.2, 0.25) is 0 Å². The number of carbonyl (C=O) groups excluding carboxylic acids is 1. The van der Waals surface area contributed by atoms with Crippen molar-refractivity contribution in [2.75, 3.05) is 13.2 Å². The molecule has 0 radical (unpaired) electrons. The Morgan fingerprint density at radius 2 is 1.87 bits per heavy atom. The Kier molecular flexibility index (Phi) is 5.73. The number of alkyl halides is 3. The van der Waals surface area contributed by atoms with E-state index in [1.165, 1.54) is 12.1 Å². The van der Waals surface area contributed by atoms with Gasteiger partial charge in [-0.25, -0.2) is 0 Å². The van der Waals surface area contributed by atoms with Crippen molar-refractivity contribution < 1.29 is 27.4 Å². The van der Waals surface area contributed by atoms with Crippen LogP contribution in [-0.2, 0) is 22.1 Å². The highest BCUT2D eigenvalue weighted by molar-refractivity contribution is 5.79. The van der Waals surface area contributed by atoms with Crippen LogP contribution in [0, 0.1) is 5.92 Å². The van der Waals surface area contributed by atoms with Crippen LogP contribution in [0.4, 0.5) is 13.2 Å². The van der Waals surface area contributed by atoms with Crippen molar-refractivity contribution in [1.82, 2.24) is 5.32 Å². The highest BCUT2D eigenvalue weighted by Crippen LogP contribution is 2.43. The highest BCUT2D eigenvalue weighted by atomic mass is 19.4. The lowest BCUT2D eigenvalue weighted by atomic mass is 9.88. The van der Waals surface area contributed by atoms with Crippen molar-refractivity contribution in [2.24, 2.45) is 5.92 Å². The quantitative estimate of drug-likeness (QED) is 0.739. The molecular formula is C24H26F3NO3. The molecule has 0 saturated carbocycles. The zero-order valence-electron chi connectivity index (χ0n) is 17.6. The Morgan fingerprint density at radius 1 is 1.13 bits per heavy atom. The van der Waals surface area contributed by atoms with E-state index in [2.05, 4.69) is 5.32 Å². The van der Waals surface area contributed by atoms with Crippen LogP contribution in [0.15, 0.2) is 42.5 Å². The molecule has 166 valence electrons. The molecule has 0 spiro atoms. The van der Waals surface area contributed by atoms with Gasteiger partial charge in [-0.15, -0.1) is 0 Å². The van der Waals surface area contributed by atoms with Gasteiger partial charge in [0.05, 0.1) is 17.7 Å². The Morgan fingerprint density at radius 3 is 2.61 bits per heavy atom. The number of benzene rings is 2. The first-order valence-corrected chi connectivity index (χ1v) is 10.5. The number of hydrogen-bond donors (Lipinski definition) is 1. The fourth-order valence-electron chi connectivity index (χ4n) is 4.44. The van der Waals surface area contributed by atoms with Crippen LogP contribution >= 0.6 is 0 Å². The maximum atomic E-state index is 13.5. The number of para-hydroxylation sites is 1. The largest absolute Gasteiger partial charge is 0.487 e. The van der Waals surface area contributed by atoms with Crippen molar-refractivity contribution in [3.63, 3.8) is 0 Å². The van der Waals surface area contributed by atoms with E-state index in [0.717, 1.165) is 11.6 Å². The molecule has 4 nitrogen and oxygen atoms in total. The third kappa shape index (κ3) is 4.71. The summed E-state index contributed by atoms with van der Waals surface area (Å²) in [6.45, 7) is 4.82. The van der Waals surface area contributed by atoms with Crippen molar-refractivity contribution in [2.45, 2.75) is 51.0 Å². The molecule has 2 aliphatic heterocycles. The van der Waals surface area contributed by atoms with Gasteiger partial charge in [0.15, 0.2) is 0 Å². The number of fused-ring (bicyclic) bond motifs is 1. The number of ether oxygens (including phenoxy) is 2. The van der Waals surface area contributed by atoms with E-state index in [1.54, 1.807) is 18.2 Å². The molecule has 1 N–H and O–H groups in total. The molecule has 4 rings (SSSR count). The maximum absolute atomic E-state index is 13.5. The first-order valence-electron chi connectivity index (χ1n) is 10.5. The first kappa shape index (κ1) is 21.7. The predicted molar refractivity (Wildman–Crippen MR) is 111 cm³/mol. The monoisotopic (exact) mass is 433 g/mol. The molecule has 2 aromatic rings. The standard InChI is InChI=1S/C24H26F3NO3/c1-23(2)13-16(10-11-30-23)22(29)28-14-17-12-15-6-5-8-19(21(15)31-17)18-7-3-4-9-20(18)24(25,26)27/h3-9,16-17H,10-14H2,1-2H3,(H,28,29)/t16-,17+/m0/s1. The van der Waals surface area contributed by atoms with Gasteiger partial charge in [-0.1, -0.05) is 36.4 Å². The van der Waals surface area contributed by atoms with Gasteiger partial charge in [0.25, 0.3) is 0 Å². The summed E-state index contributed by atoms with van der Waals surface area (Å²) in [7, 11) is 0. The summed E-state index contributed by atoms with van der Waals surface area (Å²) in [5.41, 5.74) is 0.361. The molecule has 7 heteroatoms. The average molecular weight is 433 g/mol. The van der Waals surface area contributed by atoms with Gasteiger partial charge in [-0.2, -0.15) is 13.2 Å². The molecule has 2 aromatic carbocycles. The van der Waals surface area contributed by atoms with E-state index in [4.69, 9.17) is 9.47 Å². The van der Waals surface area contributed by atoms with Crippen LogP contribution in [0.5, 0.6) is 5.75 Å². The number of nitrogens with one attached hydrogen (secondary N) is 1. The van der Waals surface area contributed by atoms with Gasteiger partial charge in [0, 0.05) is 24.5 Å². The van der Waals surface area contributed by atoms with Gasteiger partial charge in [-0.05, 0) is 43.9 Å². The van der Waals surface area contributed by atoms with Gasteiger partial charge in [0.2, 0.25) is 5.91 Å². The fourth-order valence-corrected chi connectivity index (χ4v) is 4.44. The molecule has 1 saturated heterocycles. The lowest BCUT2D eigenvalue weighted by molar-refractivity contribution is -0.137. The summed E-state index contributed by atoms with van der Waals surface area (Å²) in [5, 5.41) is 2.96. The minimum absolute atomic E-state index is 0.0291. The lowest BCUT2D eigenvalue weighted by Crippen LogP contribution is -2.43. The Hall–Kier alpha value is -2.54. The van der Waals surface area contributed by atoms with Gasteiger partial charge in [0.1, 0.15) is 11.9 Å². The zero-order valence-corrected chi connectivity index (χ0v) is 17.6. The lowest BCUT2D eigenvalue weighted by Gasteiger charge is -2.34. The normalized spacial score (nSPS) is 22.5. The third-order valence-corrected chi connectivity index (χ3v) is 5.92. The van der Waals surface area contributed by atoms with Crippen LogP contribution in [0.25, 0.3) is 11.1 Å². The molecular weight excluding hydrogens is 407 g/mol. The minimum atomic E-state index is -4.46. The summed E-state index contributed by atoms with van der Waals surface area (Å²) < 4.78 is 52.2. The van der Waals surface area contributed by atoms with E-state index < -0.39 is 11.7 Å². The molecule has 2 heterocycles. The van der Waals surface area contributed by atoms with E-state index in [9.17, 15) is 18.0 Å². The number of halogens is 3. The van der Waals surface area contributed by atoms with Gasteiger partial charge >= 0.3 is 6.18 Å². The molecule has 0 unspecified atom stereocenters. The molecule has 1 fully saturated rings. The minimum Gasteiger partial charge on any atom is -0.487 e. The summed E-state index contributed by atoms with van der Waals surface area (Å²) in [5.74, 6) is 0.325. The van der Waals surface area contributed by atoms with Crippen LogP contribution in [-0.4, -0.2) is 30.8 Å². The smallest absolute Gasteiger partial charge is 0.417 e. The second-order valence-corrected chi connectivity index (χ2v) is 8.82. The van der Waals surface area contributed by atoms with Crippen molar-refractivity contribution in [3.8, 4) is 16.9 Å². The second-order valence-electron chi connectivity index (χ2n) is 8.82. The molecule has 0 aliphatic carbocycles. The second kappa shape index (κ2) is 8.19. The summed E-state index contributed by atoms with van der Waals surface area (Å²) in [6, 6.07) is 10.8. The van der Waals surface area contributed by atoms with Crippen LogP contribution in [0.1, 0.15) is 37.8 Å². The molecule has 31 heavy (non-hydrogen) atoms. The Labute approximate surface area is 179 Å². The first-order chi connectivity index (χ1) is 14.6. The van der Waals surface area contributed by atoms with Gasteiger partial charge < -0.3 is 14.8 Å². The van der Waals surface area contributed by atoms with E-state index in [-0.39, 0.29) is 29.1 Å².